The van der Waals surface area contributed by atoms with Gasteiger partial charge >= 0.3 is 0 Å². The average Bonchev–Trinajstić information content (AvgIpc) is 3.08. The highest BCUT2D eigenvalue weighted by Crippen LogP contribution is 2.17. The van der Waals surface area contributed by atoms with Crippen LogP contribution in [0.3, 0.4) is 0 Å². The zero-order chi connectivity index (χ0) is 16.1. The minimum absolute atomic E-state index is 0.0113. The minimum atomic E-state index is -0.419. The molecule has 2 aromatic rings. The smallest absolute Gasteiger partial charge is 0.274 e. The maximum atomic E-state index is 12.3. The number of ether oxygens (including phenoxy) is 2. The summed E-state index contributed by atoms with van der Waals surface area (Å²) in [6.07, 6.45) is 1.84. The Hall–Kier alpha value is -2.03. The van der Waals surface area contributed by atoms with E-state index < -0.39 is 5.91 Å². The predicted octanol–water partition coefficient (Wildman–Crippen LogP) is 1.35. The molecular formula is C15H17N3O4S. The second kappa shape index (κ2) is 7.49. The molecule has 0 aromatic carbocycles. The number of hydrogen-bond donors (Lipinski definition) is 2. The van der Waals surface area contributed by atoms with E-state index in [2.05, 4.69) is 15.3 Å². The Morgan fingerprint density at radius 3 is 3.22 bits per heavy atom. The van der Waals surface area contributed by atoms with Crippen molar-refractivity contribution in [2.24, 2.45) is 0 Å². The SMILES string of the molecule is O=C(N[C@@H]1CCOC[C@H]1OCc1cscn1)c1ncccc1O. The Labute approximate surface area is 137 Å². The zero-order valence-electron chi connectivity index (χ0n) is 12.3. The lowest BCUT2D eigenvalue weighted by Gasteiger charge is -2.31. The summed E-state index contributed by atoms with van der Waals surface area (Å²) in [6, 6.07) is 2.80. The molecule has 1 amide bonds. The molecule has 1 fully saturated rings. The Kier molecular flexibility index (Phi) is 5.16. The standard InChI is InChI=1S/C15H17N3O4S/c19-12-2-1-4-16-14(12)15(20)18-11-3-5-21-7-13(11)22-6-10-8-23-9-17-10/h1-2,4,8-9,11,13,19H,3,5-7H2,(H,18,20)/t11-,13-/m1/s1. The first-order valence-electron chi connectivity index (χ1n) is 7.25. The molecule has 7 nitrogen and oxygen atoms in total. The van der Waals surface area contributed by atoms with E-state index in [0.29, 0.717) is 26.2 Å². The van der Waals surface area contributed by atoms with Crippen molar-refractivity contribution >= 4 is 17.2 Å². The van der Waals surface area contributed by atoms with Gasteiger partial charge in [-0.1, -0.05) is 0 Å². The van der Waals surface area contributed by atoms with Crippen molar-refractivity contribution in [3.63, 3.8) is 0 Å². The van der Waals surface area contributed by atoms with Gasteiger partial charge < -0.3 is 19.9 Å². The van der Waals surface area contributed by atoms with Crippen molar-refractivity contribution in [1.82, 2.24) is 15.3 Å². The van der Waals surface area contributed by atoms with E-state index in [1.165, 1.54) is 23.6 Å². The van der Waals surface area contributed by atoms with E-state index in [0.717, 1.165) is 5.69 Å². The van der Waals surface area contributed by atoms with Crippen molar-refractivity contribution in [3.8, 4) is 5.75 Å². The summed E-state index contributed by atoms with van der Waals surface area (Å²) in [5, 5.41) is 14.5. The van der Waals surface area contributed by atoms with Crippen LogP contribution in [-0.2, 0) is 16.1 Å². The summed E-state index contributed by atoms with van der Waals surface area (Å²) in [5.74, 6) is -0.561. The van der Waals surface area contributed by atoms with Crippen LogP contribution in [0.15, 0.2) is 29.2 Å². The molecule has 0 saturated carbocycles. The first kappa shape index (κ1) is 15.9. The van der Waals surface area contributed by atoms with Crippen LogP contribution in [0.2, 0.25) is 0 Å². The molecule has 0 bridgehead atoms. The maximum absolute atomic E-state index is 12.3. The van der Waals surface area contributed by atoms with Gasteiger partial charge in [-0.25, -0.2) is 9.97 Å². The topological polar surface area (TPSA) is 93.6 Å². The summed E-state index contributed by atoms with van der Waals surface area (Å²) in [5.41, 5.74) is 2.62. The van der Waals surface area contributed by atoms with Crippen LogP contribution in [-0.4, -0.2) is 46.3 Å². The second-order valence-corrected chi connectivity index (χ2v) is 5.86. The van der Waals surface area contributed by atoms with Gasteiger partial charge in [0.2, 0.25) is 0 Å². The van der Waals surface area contributed by atoms with Crippen LogP contribution in [0.4, 0.5) is 0 Å². The summed E-state index contributed by atoms with van der Waals surface area (Å²) >= 11 is 1.51. The van der Waals surface area contributed by atoms with Crippen LogP contribution in [0.1, 0.15) is 22.6 Å². The maximum Gasteiger partial charge on any atom is 0.274 e. The summed E-state index contributed by atoms with van der Waals surface area (Å²) in [6.45, 7) is 1.33. The Balaban J connectivity index is 1.62. The fourth-order valence-electron chi connectivity index (χ4n) is 2.35. The lowest BCUT2D eigenvalue weighted by molar-refractivity contribution is -0.0742. The number of nitrogens with zero attached hydrogens (tertiary/aromatic N) is 2. The number of pyridine rings is 1. The Bertz CT molecular complexity index is 650. The van der Waals surface area contributed by atoms with Crippen molar-refractivity contribution in [3.05, 3.63) is 40.6 Å². The van der Waals surface area contributed by atoms with E-state index in [1.807, 2.05) is 5.38 Å². The number of hydrogen-bond acceptors (Lipinski definition) is 7. The predicted molar refractivity (Wildman–Crippen MR) is 83.3 cm³/mol. The highest BCUT2D eigenvalue weighted by atomic mass is 32.1. The number of rotatable bonds is 5. The van der Waals surface area contributed by atoms with Crippen LogP contribution < -0.4 is 5.32 Å². The number of thiazole rings is 1. The molecule has 2 N–H and O–H groups in total. The Morgan fingerprint density at radius 2 is 2.43 bits per heavy atom. The average molecular weight is 335 g/mol. The van der Waals surface area contributed by atoms with Crippen molar-refractivity contribution in [2.75, 3.05) is 13.2 Å². The van der Waals surface area contributed by atoms with Crippen molar-refractivity contribution < 1.29 is 19.4 Å². The van der Waals surface area contributed by atoms with Gasteiger partial charge in [-0.2, -0.15) is 0 Å². The summed E-state index contributed by atoms with van der Waals surface area (Å²) in [7, 11) is 0. The largest absolute Gasteiger partial charge is 0.505 e. The van der Waals surface area contributed by atoms with Gasteiger partial charge in [-0.15, -0.1) is 11.3 Å². The second-order valence-electron chi connectivity index (χ2n) is 5.14. The van der Waals surface area contributed by atoms with Crippen LogP contribution in [0.25, 0.3) is 0 Å². The third kappa shape index (κ3) is 4.04. The van der Waals surface area contributed by atoms with Gasteiger partial charge in [0, 0.05) is 18.2 Å². The normalized spacial score (nSPS) is 21.0. The molecule has 2 atom stereocenters. The van der Waals surface area contributed by atoms with Crippen LogP contribution in [0.5, 0.6) is 5.75 Å². The highest BCUT2D eigenvalue weighted by molar-refractivity contribution is 7.07. The van der Waals surface area contributed by atoms with E-state index in [-0.39, 0.29) is 23.6 Å². The molecule has 1 aliphatic heterocycles. The van der Waals surface area contributed by atoms with Crippen molar-refractivity contribution in [2.45, 2.75) is 25.2 Å². The number of aromatic hydroxyl groups is 1. The molecule has 1 aliphatic rings. The monoisotopic (exact) mass is 335 g/mol. The zero-order valence-corrected chi connectivity index (χ0v) is 13.2. The summed E-state index contributed by atoms with van der Waals surface area (Å²) in [4.78, 5) is 20.4. The lowest BCUT2D eigenvalue weighted by atomic mass is 10.1. The molecule has 0 radical (unpaired) electrons. The fourth-order valence-corrected chi connectivity index (χ4v) is 2.89. The lowest BCUT2D eigenvalue weighted by Crippen LogP contribution is -2.50. The molecule has 0 aliphatic carbocycles. The molecule has 122 valence electrons. The molecule has 23 heavy (non-hydrogen) atoms. The molecule has 0 spiro atoms. The number of amides is 1. The summed E-state index contributed by atoms with van der Waals surface area (Å²) < 4.78 is 11.3. The molecule has 3 rings (SSSR count). The van der Waals surface area contributed by atoms with Gasteiger partial charge in [0.05, 0.1) is 30.5 Å². The Morgan fingerprint density at radius 1 is 1.52 bits per heavy atom. The van der Waals surface area contributed by atoms with E-state index in [1.54, 1.807) is 11.6 Å². The van der Waals surface area contributed by atoms with Crippen molar-refractivity contribution in [1.29, 1.82) is 0 Å². The third-order valence-electron chi connectivity index (χ3n) is 3.55. The first-order chi connectivity index (χ1) is 11.2. The molecule has 8 heteroatoms. The molecular weight excluding hydrogens is 318 g/mol. The first-order valence-corrected chi connectivity index (χ1v) is 8.19. The molecule has 0 unspecified atom stereocenters. The quantitative estimate of drug-likeness (QED) is 0.857. The number of aromatic nitrogens is 2. The van der Waals surface area contributed by atoms with Gasteiger partial charge in [0.1, 0.15) is 11.9 Å². The van der Waals surface area contributed by atoms with Gasteiger partial charge in [0.25, 0.3) is 5.91 Å². The van der Waals surface area contributed by atoms with Gasteiger partial charge in [-0.05, 0) is 18.6 Å². The van der Waals surface area contributed by atoms with Crippen LogP contribution >= 0.6 is 11.3 Å². The number of nitrogens with one attached hydrogen (secondary N) is 1. The molecule has 2 aromatic heterocycles. The van der Waals surface area contributed by atoms with Crippen LogP contribution in [0, 0.1) is 0 Å². The number of carbonyl (C=O) groups is 1. The van der Waals surface area contributed by atoms with E-state index >= 15 is 0 Å². The van der Waals surface area contributed by atoms with E-state index in [4.69, 9.17) is 9.47 Å². The fraction of sp³-hybridized carbons (Fsp3) is 0.400. The molecule has 3 heterocycles. The van der Waals surface area contributed by atoms with E-state index in [9.17, 15) is 9.90 Å². The minimum Gasteiger partial charge on any atom is -0.505 e. The highest BCUT2D eigenvalue weighted by Gasteiger charge is 2.29. The third-order valence-corrected chi connectivity index (χ3v) is 4.19. The van der Waals surface area contributed by atoms with Gasteiger partial charge in [-0.3, -0.25) is 4.79 Å². The number of carbonyl (C=O) groups excluding carboxylic acids is 1. The molecule has 1 saturated heterocycles. The van der Waals surface area contributed by atoms with Gasteiger partial charge in [0.15, 0.2) is 5.69 Å².